The van der Waals surface area contributed by atoms with Crippen LogP contribution in [0.25, 0.3) is 111 Å². The van der Waals surface area contributed by atoms with Crippen LogP contribution in [0.4, 0.5) is 26.3 Å². The lowest BCUT2D eigenvalue weighted by Crippen LogP contribution is -2.13. The molecule has 12 rings (SSSR count). The van der Waals surface area contributed by atoms with Gasteiger partial charge in [-0.05, 0) is 77.4 Å². The molecule has 0 amide bonds. The van der Waals surface area contributed by atoms with Crippen molar-refractivity contribution in [2.24, 2.45) is 0 Å². The number of hydrogen-bond donors (Lipinski definition) is 0. The molecule has 0 aliphatic heterocycles. The van der Waals surface area contributed by atoms with E-state index in [1.807, 2.05) is 152 Å². The van der Waals surface area contributed by atoms with Crippen LogP contribution in [0.5, 0.6) is 0 Å². The van der Waals surface area contributed by atoms with Crippen LogP contribution >= 0.6 is 0 Å². The van der Waals surface area contributed by atoms with Crippen LogP contribution in [0, 0.1) is 0 Å². The minimum Gasteiger partial charge on any atom is -0.309 e. The van der Waals surface area contributed by atoms with Gasteiger partial charge in [0.25, 0.3) is 0 Å². The molecule has 0 bridgehead atoms. The predicted octanol–water partition coefficient (Wildman–Crippen LogP) is 17.0. The van der Waals surface area contributed by atoms with E-state index in [0.717, 1.165) is 73.7 Å². The van der Waals surface area contributed by atoms with Crippen molar-refractivity contribution in [3.8, 4) is 67.3 Å². The van der Waals surface area contributed by atoms with E-state index < -0.39 is 23.5 Å². The summed E-state index contributed by atoms with van der Waals surface area (Å²) in [6, 6.07) is 60.5. The Hall–Kier alpha value is -8.76. The molecule has 70 heavy (non-hydrogen) atoms. The maximum Gasteiger partial charge on any atom is 0.418 e. The van der Waals surface area contributed by atoms with E-state index in [0.29, 0.717) is 32.8 Å². The quantitative estimate of drug-likeness (QED) is 0.149. The smallest absolute Gasteiger partial charge is 0.309 e. The number of hydrogen-bond acceptors (Lipinski definition) is 2. The lowest BCUT2D eigenvalue weighted by Gasteiger charge is -2.22. The van der Waals surface area contributed by atoms with Gasteiger partial charge < -0.3 is 9.13 Å². The summed E-state index contributed by atoms with van der Waals surface area (Å²) >= 11 is 0. The van der Waals surface area contributed by atoms with Gasteiger partial charge in [-0.25, -0.2) is 0 Å². The summed E-state index contributed by atoms with van der Waals surface area (Å²) in [4.78, 5) is 9.45. The first kappa shape index (κ1) is 42.6. The predicted molar refractivity (Wildman–Crippen MR) is 268 cm³/mol. The summed E-state index contributed by atoms with van der Waals surface area (Å²) in [5.74, 6) is 0. The summed E-state index contributed by atoms with van der Waals surface area (Å²) < 4.78 is 95.8. The fourth-order valence-corrected chi connectivity index (χ4v) is 9.78. The molecule has 12 aromatic rings. The Morgan fingerprint density at radius 3 is 1.26 bits per heavy atom. The Morgan fingerprint density at radius 2 is 0.771 bits per heavy atom. The Balaban J connectivity index is 1.12. The molecule has 10 heteroatoms. The summed E-state index contributed by atoms with van der Waals surface area (Å²) in [5, 5.41) is 2.92. The van der Waals surface area contributed by atoms with Crippen LogP contribution in [-0.2, 0) is 12.4 Å². The second-order valence-corrected chi connectivity index (χ2v) is 17.2. The molecule has 0 fully saturated rings. The fourth-order valence-electron chi connectivity index (χ4n) is 9.78. The Morgan fingerprint density at radius 1 is 0.314 bits per heavy atom. The zero-order chi connectivity index (χ0) is 47.7. The van der Waals surface area contributed by atoms with Crippen LogP contribution in [0.2, 0.25) is 0 Å². The molecule has 0 saturated heterocycles. The molecule has 4 nitrogen and oxygen atoms in total. The molecule has 0 aliphatic rings. The first-order chi connectivity index (χ1) is 34.0. The van der Waals surface area contributed by atoms with Gasteiger partial charge in [-0.2, -0.15) is 26.3 Å². The third-order valence-corrected chi connectivity index (χ3v) is 13.1. The topological polar surface area (TPSA) is 35.6 Å². The van der Waals surface area contributed by atoms with Gasteiger partial charge in [-0.3, -0.25) is 9.97 Å². The average molecular weight is 927 g/mol. The van der Waals surface area contributed by atoms with E-state index in [-0.39, 0.29) is 22.5 Å². The Kier molecular flexibility index (Phi) is 10.0. The fraction of sp³-hybridized carbons (Fsp3) is 0.0333. The summed E-state index contributed by atoms with van der Waals surface area (Å²) in [6.45, 7) is 0. The number of pyridine rings is 2. The Labute approximate surface area is 397 Å². The number of benzene rings is 8. The van der Waals surface area contributed by atoms with E-state index in [9.17, 15) is 13.2 Å². The van der Waals surface area contributed by atoms with Gasteiger partial charge in [0, 0.05) is 61.8 Å². The minimum absolute atomic E-state index is 0.0577. The molecular weight excluding hydrogens is 891 g/mol. The lowest BCUT2D eigenvalue weighted by molar-refractivity contribution is -0.138. The monoisotopic (exact) mass is 926 g/mol. The SMILES string of the molecule is FC(F)(F)c1cccc(-c2cc(-n3c4ccccc4c4ccc(-c5ccc(-c6ccccc6)nc5)cc43)c(C(F)(F)F)cc2-n2c3ccccc3c3ccc(-c4ccc(-c5ccccc5)nc4)cc32)c1. The van der Waals surface area contributed by atoms with E-state index in [4.69, 9.17) is 9.97 Å². The highest BCUT2D eigenvalue weighted by Crippen LogP contribution is 2.46. The third kappa shape index (κ3) is 7.36. The minimum atomic E-state index is -4.93. The first-order valence-electron chi connectivity index (χ1n) is 22.5. The number of nitrogens with zero attached hydrogens (tertiary/aromatic N) is 4. The standard InChI is InChI=1S/C60H36F6N4/c61-59(62,63)44-17-11-16-41(30-44)49-33-58(70-54-21-10-8-19-46(54)48-27-23-40(32-56(48)70)43-25-29-52(68-36-43)38-14-5-2-6-15-38)50(60(64,65)66)34-57(49)69-53-20-9-7-18-45(53)47-26-22-39(31-55(47)69)42-24-28-51(67-35-42)37-12-3-1-4-13-37/h1-36H. The highest BCUT2D eigenvalue weighted by molar-refractivity contribution is 6.12. The summed E-state index contributed by atoms with van der Waals surface area (Å²) in [7, 11) is 0. The van der Waals surface area contributed by atoms with Crippen molar-refractivity contribution in [2.75, 3.05) is 0 Å². The number of aromatic nitrogens is 4. The normalized spacial score (nSPS) is 12.1. The van der Waals surface area contributed by atoms with Gasteiger partial charge in [0.15, 0.2) is 0 Å². The molecule has 0 aliphatic carbocycles. The molecule has 0 spiro atoms. The molecule has 0 saturated carbocycles. The van der Waals surface area contributed by atoms with Crippen molar-refractivity contribution in [2.45, 2.75) is 12.4 Å². The second-order valence-electron chi connectivity index (χ2n) is 17.2. The zero-order valence-electron chi connectivity index (χ0n) is 36.8. The third-order valence-electron chi connectivity index (χ3n) is 13.1. The van der Waals surface area contributed by atoms with E-state index in [1.165, 1.54) is 18.2 Å². The maximum absolute atomic E-state index is 16.2. The van der Waals surface area contributed by atoms with E-state index in [2.05, 4.69) is 0 Å². The van der Waals surface area contributed by atoms with Crippen molar-refractivity contribution in [3.05, 3.63) is 230 Å². The van der Waals surface area contributed by atoms with Gasteiger partial charge in [-0.1, -0.05) is 146 Å². The van der Waals surface area contributed by atoms with E-state index >= 15 is 13.2 Å². The molecule has 0 radical (unpaired) electrons. The molecule has 0 atom stereocenters. The van der Waals surface area contributed by atoms with Crippen LogP contribution in [0.1, 0.15) is 11.1 Å². The number of para-hydroxylation sites is 2. The Bertz CT molecular complexity index is 3950. The lowest BCUT2D eigenvalue weighted by atomic mass is 9.97. The van der Waals surface area contributed by atoms with Crippen LogP contribution in [0.15, 0.2) is 219 Å². The van der Waals surface area contributed by atoms with Crippen molar-refractivity contribution in [3.63, 3.8) is 0 Å². The molecule has 0 unspecified atom stereocenters. The molecule has 338 valence electrons. The molecule has 4 aromatic heterocycles. The highest BCUT2D eigenvalue weighted by Gasteiger charge is 2.37. The second kappa shape index (κ2) is 16.5. The van der Waals surface area contributed by atoms with Gasteiger partial charge >= 0.3 is 12.4 Å². The molecule has 4 heterocycles. The number of fused-ring (bicyclic) bond motifs is 6. The average Bonchev–Trinajstić information content (AvgIpc) is 3.90. The van der Waals surface area contributed by atoms with Gasteiger partial charge in [0.1, 0.15) is 0 Å². The van der Waals surface area contributed by atoms with Crippen molar-refractivity contribution >= 4 is 43.6 Å². The van der Waals surface area contributed by atoms with Gasteiger partial charge in [0.2, 0.25) is 0 Å². The maximum atomic E-state index is 16.2. The summed E-state index contributed by atoms with van der Waals surface area (Å²) in [6.07, 6.45) is -6.16. The largest absolute Gasteiger partial charge is 0.418 e. The van der Waals surface area contributed by atoms with Gasteiger partial charge in [-0.15, -0.1) is 0 Å². The van der Waals surface area contributed by atoms with Crippen LogP contribution < -0.4 is 0 Å². The van der Waals surface area contributed by atoms with Crippen molar-refractivity contribution < 1.29 is 26.3 Å². The number of alkyl halides is 6. The molecule has 0 N–H and O–H groups in total. The van der Waals surface area contributed by atoms with Crippen molar-refractivity contribution in [1.82, 2.24) is 19.1 Å². The number of rotatable bonds is 7. The van der Waals surface area contributed by atoms with Crippen molar-refractivity contribution in [1.29, 1.82) is 0 Å². The molecular formula is C60H36F6N4. The highest BCUT2D eigenvalue weighted by atomic mass is 19.4. The van der Waals surface area contributed by atoms with E-state index in [1.54, 1.807) is 39.7 Å². The zero-order valence-corrected chi connectivity index (χ0v) is 36.8. The summed E-state index contributed by atoms with van der Waals surface area (Å²) in [5.41, 5.74) is 6.73. The molecule has 8 aromatic carbocycles. The van der Waals surface area contributed by atoms with Crippen LogP contribution in [0.3, 0.4) is 0 Å². The first-order valence-corrected chi connectivity index (χ1v) is 22.5. The van der Waals surface area contributed by atoms with Crippen LogP contribution in [-0.4, -0.2) is 19.1 Å². The number of halogens is 6. The van der Waals surface area contributed by atoms with Gasteiger partial charge in [0.05, 0.1) is 56.0 Å².